The molecule has 1 aliphatic rings. The normalized spacial score (nSPS) is 24.4. The van der Waals surface area contributed by atoms with Crippen molar-refractivity contribution < 1.29 is 9.50 Å². The van der Waals surface area contributed by atoms with Crippen molar-refractivity contribution in [2.75, 3.05) is 0 Å². The first kappa shape index (κ1) is 12.0. The average molecular weight is 202 g/mol. The van der Waals surface area contributed by atoms with E-state index in [1.54, 1.807) is 0 Å². The molecule has 2 atom stereocenters. The highest BCUT2D eigenvalue weighted by Gasteiger charge is 2.46. The molecular weight excluding hydrogens is 179 g/mol. The van der Waals surface area contributed by atoms with Crippen LogP contribution in [0.2, 0.25) is 0 Å². The van der Waals surface area contributed by atoms with E-state index in [1.165, 1.54) is 0 Å². The highest BCUT2D eigenvalue weighted by Crippen LogP contribution is 2.46. The van der Waals surface area contributed by atoms with Crippen molar-refractivity contribution in [2.24, 2.45) is 17.3 Å². The van der Waals surface area contributed by atoms with Crippen molar-refractivity contribution in [3.05, 3.63) is 0 Å². The van der Waals surface area contributed by atoms with Gasteiger partial charge in [-0.15, -0.1) is 0 Å². The van der Waals surface area contributed by atoms with Crippen LogP contribution < -0.4 is 0 Å². The van der Waals surface area contributed by atoms with E-state index < -0.39 is 5.85 Å². The quantitative estimate of drug-likeness (QED) is 0.739. The molecule has 1 unspecified atom stereocenters. The summed E-state index contributed by atoms with van der Waals surface area (Å²) in [5, 5.41) is 9.65. The van der Waals surface area contributed by atoms with Gasteiger partial charge in [0.15, 0.2) is 0 Å². The summed E-state index contributed by atoms with van der Waals surface area (Å²) in [6, 6.07) is 0. The van der Waals surface area contributed by atoms with Crippen LogP contribution in [0.3, 0.4) is 0 Å². The fraction of sp³-hybridized carbons (Fsp3) is 1.00. The number of aliphatic hydroxyl groups is 1. The number of hydrogen-bond acceptors (Lipinski definition) is 1. The predicted octanol–water partition coefficient (Wildman–Crippen LogP) is 3.52. The first-order valence-electron chi connectivity index (χ1n) is 5.68. The molecule has 0 aromatic rings. The van der Waals surface area contributed by atoms with E-state index >= 15 is 0 Å². The van der Waals surface area contributed by atoms with Crippen molar-refractivity contribution in [1.82, 2.24) is 0 Å². The highest BCUT2D eigenvalue weighted by atomic mass is 19.2. The molecule has 1 rings (SSSR count). The van der Waals surface area contributed by atoms with E-state index in [2.05, 4.69) is 27.7 Å². The third-order valence-electron chi connectivity index (χ3n) is 3.45. The number of hydrogen-bond donors (Lipinski definition) is 1. The van der Waals surface area contributed by atoms with E-state index in [9.17, 15) is 9.50 Å². The Morgan fingerprint density at radius 2 is 1.86 bits per heavy atom. The molecule has 1 saturated carbocycles. The van der Waals surface area contributed by atoms with Crippen LogP contribution in [0.15, 0.2) is 0 Å². The van der Waals surface area contributed by atoms with Gasteiger partial charge < -0.3 is 5.11 Å². The van der Waals surface area contributed by atoms with Crippen molar-refractivity contribution in [3.8, 4) is 0 Å². The molecule has 84 valence electrons. The lowest BCUT2D eigenvalue weighted by Gasteiger charge is -2.33. The molecule has 0 radical (unpaired) electrons. The van der Waals surface area contributed by atoms with Gasteiger partial charge in [-0.3, -0.25) is 0 Å². The summed E-state index contributed by atoms with van der Waals surface area (Å²) >= 11 is 0. The lowest BCUT2D eigenvalue weighted by molar-refractivity contribution is -0.132. The molecule has 0 aromatic heterocycles. The van der Waals surface area contributed by atoms with E-state index in [0.717, 1.165) is 19.3 Å². The topological polar surface area (TPSA) is 20.2 Å². The number of halogens is 1. The highest BCUT2D eigenvalue weighted by molar-refractivity contribution is 4.90. The molecule has 2 heteroatoms. The Bertz CT molecular complexity index is 189. The smallest absolute Gasteiger partial charge is 0.209 e. The second-order valence-electron chi connectivity index (χ2n) is 5.77. The van der Waals surface area contributed by atoms with Crippen LogP contribution >= 0.6 is 0 Å². The van der Waals surface area contributed by atoms with Crippen LogP contribution in [-0.4, -0.2) is 11.0 Å². The summed E-state index contributed by atoms with van der Waals surface area (Å²) in [5.74, 6) is -1.73. The molecule has 1 nitrogen and oxygen atoms in total. The van der Waals surface area contributed by atoms with E-state index in [0.29, 0.717) is 6.42 Å². The maximum Gasteiger partial charge on any atom is 0.209 e. The van der Waals surface area contributed by atoms with Crippen LogP contribution in [0.4, 0.5) is 4.39 Å². The van der Waals surface area contributed by atoms with Crippen LogP contribution in [0.25, 0.3) is 0 Å². The van der Waals surface area contributed by atoms with Gasteiger partial charge in [-0.25, -0.2) is 4.39 Å². The molecule has 0 aromatic carbocycles. The number of rotatable bonds is 4. The van der Waals surface area contributed by atoms with Crippen LogP contribution in [0.1, 0.15) is 53.4 Å². The molecule has 0 saturated heterocycles. The van der Waals surface area contributed by atoms with Gasteiger partial charge in [-0.05, 0) is 24.2 Å². The second kappa shape index (κ2) is 3.80. The van der Waals surface area contributed by atoms with Gasteiger partial charge in [-0.1, -0.05) is 34.1 Å². The molecule has 1 N–H and O–H groups in total. The first-order valence-corrected chi connectivity index (χ1v) is 5.68. The summed E-state index contributed by atoms with van der Waals surface area (Å²) in [5.41, 5.74) is 0.0870. The minimum Gasteiger partial charge on any atom is -0.361 e. The SMILES string of the molecule is CC[C@@H](CC(O)(F)C1CC1)C(C)(C)C. The second-order valence-corrected chi connectivity index (χ2v) is 5.77. The third kappa shape index (κ3) is 2.94. The van der Waals surface area contributed by atoms with E-state index in [-0.39, 0.29) is 17.3 Å². The molecule has 0 aliphatic heterocycles. The molecule has 0 amide bonds. The fourth-order valence-electron chi connectivity index (χ4n) is 2.10. The van der Waals surface area contributed by atoms with Crippen LogP contribution in [0.5, 0.6) is 0 Å². The molecule has 0 spiro atoms. The lowest BCUT2D eigenvalue weighted by atomic mass is 9.75. The summed E-state index contributed by atoms with van der Waals surface area (Å²) in [4.78, 5) is 0. The first-order chi connectivity index (χ1) is 6.27. The molecule has 0 heterocycles. The van der Waals surface area contributed by atoms with Gasteiger partial charge >= 0.3 is 0 Å². The molecular formula is C12H23FO. The number of alkyl halides is 1. The summed E-state index contributed by atoms with van der Waals surface area (Å²) in [6.45, 7) is 8.41. The lowest BCUT2D eigenvalue weighted by Crippen LogP contribution is -2.33. The maximum atomic E-state index is 13.8. The third-order valence-corrected chi connectivity index (χ3v) is 3.45. The Balaban J connectivity index is 2.55. The van der Waals surface area contributed by atoms with E-state index in [1.807, 2.05) is 0 Å². The van der Waals surface area contributed by atoms with Crippen molar-refractivity contribution >= 4 is 0 Å². The van der Waals surface area contributed by atoms with Crippen molar-refractivity contribution in [1.29, 1.82) is 0 Å². The van der Waals surface area contributed by atoms with Gasteiger partial charge in [0.1, 0.15) is 0 Å². The Hall–Kier alpha value is -0.110. The zero-order valence-corrected chi connectivity index (χ0v) is 9.81. The van der Waals surface area contributed by atoms with Gasteiger partial charge in [0, 0.05) is 12.3 Å². The molecule has 14 heavy (non-hydrogen) atoms. The van der Waals surface area contributed by atoms with Crippen LogP contribution in [0, 0.1) is 17.3 Å². The molecule has 1 aliphatic carbocycles. The Morgan fingerprint density at radius 3 is 2.14 bits per heavy atom. The standard InChI is InChI=1S/C12H23FO/c1-5-9(11(2,3)4)8-12(13,14)10-6-7-10/h9-10,14H,5-8H2,1-4H3/t9-,12?/m0/s1. The minimum atomic E-state index is -1.91. The Labute approximate surface area is 86.7 Å². The largest absolute Gasteiger partial charge is 0.361 e. The summed E-state index contributed by atoms with van der Waals surface area (Å²) in [7, 11) is 0. The molecule has 1 fully saturated rings. The maximum absolute atomic E-state index is 13.8. The molecule has 0 bridgehead atoms. The fourth-order valence-corrected chi connectivity index (χ4v) is 2.10. The predicted molar refractivity (Wildman–Crippen MR) is 56.6 cm³/mol. The van der Waals surface area contributed by atoms with Gasteiger partial charge in [0.05, 0.1) is 0 Å². The van der Waals surface area contributed by atoms with Gasteiger partial charge in [0.2, 0.25) is 5.85 Å². The Kier molecular flexibility index (Phi) is 3.25. The summed E-state index contributed by atoms with van der Waals surface area (Å²) < 4.78 is 13.8. The van der Waals surface area contributed by atoms with Crippen LogP contribution in [-0.2, 0) is 0 Å². The zero-order valence-electron chi connectivity index (χ0n) is 9.81. The monoisotopic (exact) mass is 202 g/mol. The van der Waals surface area contributed by atoms with Crippen molar-refractivity contribution in [2.45, 2.75) is 59.2 Å². The van der Waals surface area contributed by atoms with E-state index in [4.69, 9.17) is 0 Å². The average Bonchev–Trinajstić information content (AvgIpc) is 2.79. The Morgan fingerprint density at radius 1 is 1.36 bits per heavy atom. The van der Waals surface area contributed by atoms with Gasteiger partial charge in [0.25, 0.3) is 0 Å². The minimum absolute atomic E-state index is 0.0844. The zero-order chi connectivity index (χ0) is 11.0. The summed E-state index contributed by atoms with van der Waals surface area (Å²) in [6.07, 6.45) is 2.95. The van der Waals surface area contributed by atoms with Gasteiger partial charge in [-0.2, -0.15) is 0 Å². The van der Waals surface area contributed by atoms with Crippen molar-refractivity contribution in [3.63, 3.8) is 0 Å².